The van der Waals surface area contributed by atoms with E-state index in [1.807, 2.05) is 13.8 Å². The van der Waals surface area contributed by atoms with Crippen LogP contribution in [0.2, 0.25) is 0 Å². The quantitative estimate of drug-likeness (QED) is 0.617. The maximum atomic E-state index is 13.5. The van der Waals surface area contributed by atoms with E-state index in [4.69, 9.17) is 0 Å². The minimum atomic E-state index is -4.52. The number of halogens is 5. The lowest BCUT2D eigenvalue weighted by Gasteiger charge is -2.17. The van der Waals surface area contributed by atoms with Crippen LogP contribution in [0, 0.1) is 5.82 Å². The van der Waals surface area contributed by atoms with Crippen molar-refractivity contribution in [2.75, 3.05) is 5.32 Å². The van der Waals surface area contributed by atoms with E-state index in [0.717, 1.165) is 18.6 Å². The van der Waals surface area contributed by atoms with E-state index in [-0.39, 0.29) is 16.6 Å². The third-order valence-corrected chi connectivity index (χ3v) is 2.75. The average molecular weight is 328 g/mol. The average Bonchev–Trinajstić information content (AvgIpc) is 2.18. The van der Waals surface area contributed by atoms with Gasteiger partial charge in [0, 0.05) is 10.9 Å². The molecule has 18 heavy (non-hydrogen) atoms. The van der Waals surface area contributed by atoms with Crippen LogP contribution < -0.4 is 5.32 Å². The fraction of sp³-hybridized carbons (Fsp3) is 0.500. The van der Waals surface area contributed by atoms with Gasteiger partial charge in [-0.25, -0.2) is 4.39 Å². The first-order chi connectivity index (χ1) is 8.20. The Morgan fingerprint density at radius 3 is 2.33 bits per heavy atom. The molecule has 0 heterocycles. The molecule has 0 aliphatic rings. The molecule has 2 unspecified atom stereocenters. The molecule has 1 aromatic carbocycles. The van der Waals surface area contributed by atoms with Crippen molar-refractivity contribution in [1.29, 1.82) is 0 Å². The number of benzene rings is 1. The summed E-state index contributed by atoms with van der Waals surface area (Å²) in [6.07, 6.45) is -3.78. The highest BCUT2D eigenvalue weighted by molar-refractivity contribution is 9.09. The lowest BCUT2D eigenvalue weighted by molar-refractivity contribution is -0.137. The standard InChI is InChI=1S/C12H14BrF4N/c1-7(13)5-8(2)18-11-4-3-9(6-10(11)14)12(15,16)17/h3-4,6-8,18H,5H2,1-2H3. The fourth-order valence-corrected chi connectivity index (χ4v) is 2.18. The van der Waals surface area contributed by atoms with E-state index in [0.29, 0.717) is 6.07 Å². The Morgan fingerprint density at radius 1 is 1.28 bits per heavy atom. The third-order valence-electron chi connectivity index (χ3n) is 2.38. The monoisotopic (exact) mass is 327 g/mol. The molecule has 1 N–H and O–H groups in total. The van der Waals surface area contributed by atoms with Gasteiger partial charge in [-0.1, -0.05) is 22.9 Å². The summed E-state index contributed by atoms with van der Waals surface area (Å²) in [4.78, 5) is 0.248. The van der Waals surface area contributed by atoms with Gasteiger partial charge < -0.3 is 5.32 Å². The second kappa shape index (κ2) is 5.91. The van der Waals surface area contributed by atoms with Gasteiger partial charge in [0.2, 0.25) is 0 Å². The Balaban J connectivity index is 2.80. The molecule has 0 aliphatic heterocycles. The van der Waals surface area contributed by atoms with Gasteiger partial charge in [0.1, 0.15) is 5.82 Å². The largest absolute Gasteiger partial charge is 0.416 e. The minimum absolute atomic E-state index is 0.0365. The van der Waals surface area contributed by atoms with Crippen LogP contribution in [0.5, 0.6) is 0 Å². The Morgan fingerprint density at radius 2 is 1.89 bits per heavy atom. The predicted molar refractivity (Wildman–Crippen MR) is 67.5 cm³/mol. The first-order valence-electron chi connectivity index (χ1n) is 5.47. The number of hydrogen-bond donors (Lipinski definition) is 1. The first kappa shape index (κ1) is 15.3. The van der Waals surface area contributed by atoms with Crippen molar-refractivity contribution in [3.8, 4) is 0 Å². The second-order valence-corrected chi connectivity index (χ2v) is 5.82. The van der Waals surface area contributed by atoms with Crippen LogP contribution in [0.1, 0.15) is 25.8 Å². The topological polar surface area (TPSA) is 12.0 Å². The van der Waals surface area contributed by atoms with Gasteiger partial charge in [0.25, 0.3) is 0 Å². The van der Waals surface area contributed by atoms with Crippen molar-refractivity contribution in [3.05, 3.63) is 29.6 Å². The predicted octanol–water partition coefficient (Wildman–Crippen LogP) is 4.82. The SMILES string of the molecule is CC(Br)CC(C)Nc1ccc(C(F)(F)F)cc1F. The summed E-state index contributed by atoms with van der Waals surface area (Å²) in [6, 6.07) is 2.46. The molecular weight excluding hydrogens is 314 g/mol. The fourth-order valence-electron chi connectivity index (χ4n) is 1.62. The van der Waals surface area contributed by atoms with Crippen LogP contribution in [-0.4, -0.2) is 10.9 Å². The maximum Gasteiger partial charge on any atom is 0.416 e. The summed E-state index contributed by atoms with van der Waals surface area (Å²) in [6.45, 7) is 3.79. The van der Waals surface area contributed by atoms with Crippen LogP contribution >= 0.6 is 15.9 Å². The zero-order valence-corrected chi connectivity index (χ0v) is 11.6. The van der Waals surface area contributed by atoms with Gasteiger partial charge in [0.05, 0.1) is 11.3 Å². The molecule has 0 aromatic heterocycles. The van der Waals surface area contributed by atoms with E-state index < -0.39 is 17.6 Å². The summed E-state index contributed by atoms with van der Waals surface area (Å²) in [5.41, 5.74) is -0.893. The van der Waals surface area contributed by atoms with E-state index in [1.165, 1.54) is 0 Å². The molecule has 1 rings (SSSR count). The Hall–Kier alpha value is -0.780. The lowest BCUT2D eigenvalue weighted by atomic mass is 10.1. The van der Waals surface area contributed by atoms with Crippen molar-refractivity contribution < 1.29 is 17.6 Å². The van der Waals surface area contributed by atoms with Crippen LogP contribution in [0.25, 0.3) is 0 Å². The Bertz CT molecular complexity index is 404. The highest BCUT2D eigenvalue weighted by Gasteiger charge is 2.31. The van der Waals surface area contributed by atoms with Gasteiger partial charge in [-0.2, -0.15) is 13.2 Å². The van der Waals surface area contributed by atoms with Crippen LogP contribution in [-0.2, 0) is 6.18 Å². The van der Waals surface area contributed by atoms with E-state index in [2.05, 4.69) is 21.2 Å². The Labute approximate surface area is 112 Å². The summed E-state index contributed by atoms with van der Waals surface area (Å²) >= 11 is 3.36. The molecule has 0 radical (unpaired) electrons. The molecule has 0 saturated heterocycles. The minimum Gasteiger partial charge on any atom is -0.380 e. The molecular formula is C12H14BrF4N. The Kier molecular flexibility index (Phi) is 5.01. The summed E-state index contributed by atoms with van der Waals surface area (Å²) in [5, 5.41) is 2.85. The van der Waals surface area contributed by atoms with Crippen LogP contribution in [0.15, 0.2) is 18.2 Å². The molecule has 102 valence electrons. The lowest BCUT2D eigenvalue weighted by Crippen LogP contribution is -2.19. The molecule has 0 bridgehead atoms. The number of rotatable bonds is 4. The van der Waals surface area contributed by atoms with Gasteiger partial charge >= 0.3 is 6.18 Å². The molecule has 0 saturated carbocycles. The molecule has 1 aromatic rings. The highest BCUT2D eigenvalue weighted by atomic mass is 79.9. The molecule has 0 spiro atoms. The molecule has 0 fully saturated rings. The molecule has 0 amide bonds. The summed E-state index contributed by atoms with van der Waals surface area (Å²) in [5.74, 6) is -0.890. The number of nitrogens with one attached hydrogen (secondary N) is 1. The van der Waals surface area contributed by atoms with E-state index in [9.17, 15) is 17.6 Å². The zero-order valence-electron chi connectivity index (χ0n) is 9.98. The van der Waals surface area contributed by atoms with Crippen molar-refractivity contribution in [2.45, 2.75) is 37.3 Å². The third kappa shape index (κ3) is 4.48. The van der Waals surface area contributed by atoms with Gasteiger partial charge in [-0.3, -0.25) is 0 Å². The highest BCUT2D eigenvalue weighted by Crippen LogP contribution is 2.31. The van der Waals surface area contributed by atoms with Gasteiger partial charge in [-0.05, 0) is 31.5 Å². The normalized spacial score (nSPS) is 15.3. The number of anilines is 1. The first-order valence-corrected chi connectivity index (χ1v) is 6.39. The van der Waals surface area contributed by atoms with Crippen molar-refractivity contribution in [3.63, 3.8) is 0 Å². The van der Waals surface area contributed by atoms with Crippen molar-refractivity contribution in [1.82, 2.24) is 0 Å². The molecule has 6 heteroatoms. The van der Waals surface area contributed by atoms with Crippen molar-refractivity contribution in [2.24, 2.45) is 0 Å². The molecule has 1 nitrogen and oxygen atoms in total. The van der Waals surface area contributed by atoms with Crippen LogP contribution in [0.4, 0.5) is 23.2 Å². The van der Waals surface area contributed by atoms with Gasteiger partial charge in [0.15, 0.2) is 0 Å². The maximum absolute atomic E-state index is 13.5. The zero-order chi connectivity index (χ0) is 13.9. The second-order valence-electron chi connectivity index (χ2n) is 4.25. The molecule has 0 aliphatic carbocycles. The smallest absolute Gasteiger partial charge is 0.380 e. The number of hydrogen-bond acceptors (Lipinski definition) is 1. The van der Waals surface area contributed by atoms with Crippen LogP contribution in [0.3, 0.4) is 0 Å². The van der Waals surface area contributed by atoms with E-state index in [1.54, 1.807) is 0 Å². The summed E-state index contributed by atoms with van der Waals surface area (Å²) in [7, 11) is 0. The number of alkyl halides is 4. The van der Waals surface area contributed by atoms with E-state index >= 15 is 0 Å². The van der Waals surface area contributed by atoms with Gasteiger partial charge in [-0.15, -0.1) is 0 Å². The molecule has 2 atom stereocenters. The summed E-state index contributed by atoms with van der Waals surface area (Å²) < 4.78 is 50.5. The van der Waals surface area contributed by atoms with Crippen molar-refractivity contribution >= 4 is 21.6 Å².